The highest BCUT2D eigenvalue weighted by Gasteiger charge is 2.12. The third-order valence-electron chi connectivity index (χ3n) is 2.54. The number of rotatable bonds is 4. The summed E-state index contributed by atoms with van der Waals surface area (Å²) >= 11 is 0. The Labute approximate surface area is 91.0 Å². The molecule has 0 aromatic heterocycles. The SMILES string of the molecule is CONCc1c(C(C)C)ccc(C)c1O. The Balaban J connectivity index is 3.10. The molecule has 0 atom stereocenters. The fourth-order valence-corrected chi connectivity index (χ4v) is 1.64. The van der Waals surface area contributed by atoms with Crippen LogP contribution < -0.4 is 5.48 Å². The van der Waals surface area contributed by atoms with Gasteiger partial charge in [-0.2, -0.15) is 5.48 Å². The van der Waals surface area contributed by atoms with Crippen LogP contribution in [0.4, 0.5) is 0 Å². The molecule has 2 N–H and O–H groups in total. The van der Waals surface area contributed by atoms with Crippen LogP contribution in [0.15, 0.2) is 12.1 Å². The lowest BCUT2D eigenvalue weighted by Gasteiger charge is -2.16. The lowest BCUT2D eigenvalue weighted by atomic mass is 9.94. The third kappa shape index (κ3) is 2.70. The molecule has 0 aliphatic heterocycles. The van der Waals surface area contributed by atoms with Gasteiger partial charge in [0.1, 0.15) is 5.75 Å². The highest BCUT2D eigenvalue weighted by Crippen LogP contribution is 2.29. The molecule has 0 aliphatic rings. The number of phenolic OH excluding ortho intramolecular Hbond substituents is 1. The number of aryl methyl sites for hydroxylation is 1. The molecule has 0 amide bonds. The standard InChI is InChI=1S/C12H19NO2/c1-8(2)10-6-5-9(3)12(14)11(10)7-13-15-4/h5-6,8,13-14H,7H2,1-4H3. The van der Waals surface area contributed by atoms with E-state index in [1.807, 2.05) is 13.0 Å². The van der Waals surface area contributed by atoms with Crippen molar-refractivity contribution in [3.63, 3.8) is 0 Å². The van der Waals surface area contributed by atoms with E-state index in [1.54, 1.807) is 7.11 Å². The second-order valence-corrected chi connectivity index (χ2v) is 3.98. The summed E-state index contributed by atoms with van der Waals surface area (Å²) in [6.07, 6.45) is 0. The average Bonchev–Trinajstić information content (AvgIpc) is 2.19. The monoisotopic (exact) mass is 209 g/mol. The second kappa shape index (κ2) is 5.14. The van der Waals surface area contributed by atoms with Crippen molar-refractivity contribution >= 4 is 0 Å². The Morgan fingerprint density at radius 3 is 2.60 bits per heavy atom. The lowest BCUT2D eigenvalue weighted by Crippen LogP contribution is -2.13. The Morgan fingerprint density at radius 1 is 1.40 bits per heavy atom. The third-order valence-corrected chi connectivity index (χ3v) is 2.54. The van der Waals surface area contributed by atoms with Gasteiger partial charge in [-0.25, -0.2) is 0 Å². The van der Waals surface area contributed by atoms with E-state index in [4.69, 9.17) is 4.84 Å². The molecule has 0 heterocycles. The van der Waals surface area contributed by atoms with E-state index in [1.165, 1.54) is 0 Å². The predicted octanol–water partition coefficient (Wildman–Crippen LogP) is 2.48. The smallest absolute Gasteiger partial charge is 0.123 e. The Morgan fingerprint density at radius 2 is 2.07 bits per heavy atom. The number of aromatic hydroxyl groups is 1. The van der Waals surface area contributed by atoms with Gasteiger partial charge in [-0.1, -0.05) is 26.0 Å². The highest BCUT2D eigenvalue weighted by molar-refractivity contribution is 5.46. The molecule has 1 aromatic rings. The van der Waals surface area contributed by atoms with E-state index in [2.05, 4.69) is 25.4 Å². The number of hydroxylamine groups is 1. The normalized spacial score (nSPS) is 11.0. The van der Waals surface area contributed by atoms with E-state index in [9.17, 15) is 5.11 Å². The van der Waals surface area contributed by atoms with Crippen molar-refractivity contribution in [1.82, 2.24) is 5.48 Å². The summed E-state index contributed by atoms with van der Waals surface area (Å²) in [5, 5.41) is 9.96. The fourth-order valence-electron chi connectivity index (χ4n) is 1.64. The van der Waals surface area contributed by atoms with Crippen LogP contribution in [-0.4, -0.2) is 12.2 Å². The van der Waals surface area contributed by atoms with Crippen LogP contribution >= 0.6 is 0 Å². The minimum atomic E-state index is 0.366. The quantitative estimate of drug-likeness (QED) is 0.748. The first-order chi connectivity index (χ1) is 7.07. The molecule has 0 unspecified atom stereocenters. The molecule has 3 nitrogen and oxygen atoms in total. The molecule has 0 radical (unpaired) electrons. The van der Waals surface area contributed by atoms with Crippen LogP contribution in [0.1, 0.15) is 36.5 Å². The molecule has 1 rings (SSSR count). The van der Waals surface area contributed by atoms with E-state index in [0.29, 0.717) is 18.2 Å². The van der Waals surface area contributed by atoms with Crippen molar-refractivity contribution in [2.45, 2.75) is 33.2 Å². The zero-order chi connectivity index (χ0) is 11.4. The van der Waals surface area contributed by atoms with Crippen molar-refractivity contribution < 1.29 is 9.94 Å². The molecular weight excluding hydrogens is 190 g/mol. The number of phenols is 1. The summed E-state index contributed by atoms with van der Waals surface area (Å²) in [5.74, 6) is 0.760. The number of hydrogen-bond donors (Lipinski definition) is 2. The number of hydrogen-bond acceptors (Lipinski definition) is 3. The van der Waals surface area contributed by atoms with E-state index in [0.717, 1.165) is 16.7 Å². The van der Waals surface area contributed by atoms with Crippen molar-refractivity contribution in [3.05, 3.63) is 28.8 Å². The van der Waals surface area contributed by atoms with Gasteiger partial charge in [-0.05, 0) is 24.0 Å². The average molecular weight is 209 g/mol. The minimum absolute atomic E-state index is 0.366. The summed E-state index contributed by atoms with van der Waals surface area (Å²) in [6.45, 7) is 6.65. The van der Waals surface area contributed by atoms with E-state index < -0.39 is 0 Å². The summed E-state index contributed by atoms with van der Waals surface area (Å²) < 4.78 is 0. The zero-order valence-corrected chi connectivity index (χ0v) is 9.79. The van der Waals surface area contributed by atoms with Crippen LogP contribution in [-0.2, 0) is 11.4 Å². The maximum Gasteiger partial charge on any atom is 0.123 e. The molecule has 0 fully saturated rings. The fraction of sp³-hybridized carbons (Fsp3) is 0.500. The molecule has 0 saturated heterocycles. The van der Waals surface area contributed by atoms with Crippen LogP contribution in [0.2, 0.25) is 0 Å². The van der Waals surface area contributed by atoms with Crippen molar-refractivity contribution in [2.75, 3.05) is 7.11 Å². The summed E-state index contributed by atoms with van der Waals surface area (Å²) in [6, 6.07) is 4.01. The molecular formula is C12H19NO2. The maximum absolute atomic E-state index is 9.96. The van der Waals surface area contributed by atoms with Gasteiger partial charge >= 0.3 is 0 Å². The van der Waals surface area contributed by atoms with E-state index in [-0.39, 0.29) is 0 Å². The number of benzene rings is 1. The van der Waals surface area contributed by atoms with Gasteiger partial charge in [0.15, 0.2) is 0 Å². The van der Waals surface area contributed by atoms with Crippen molar-refractivity contribution in [1.29, 1.82) is 0 Å². The van der Waals surface area contributed by atoms with Gasteiger partial charge in [-0.15, -0.1) is 0 Å². The van der Waals surface area contributed by atoms with Crippen molar-refractivity contribution in [2.24, 2.45) is 0 Å². The Kier molecular flexibility index (Phi) is 4.12. The summed E-state index contributed by atoms with van der Waals surface area (Å²) in [5.41, 5.74) is 5.74. The lowest BCUT2D eigenvalue weighted by molar-refractivity contribution is 0.0859. The molecule has 3 heteroatoms. The van der Waals surface area contributed by atoms with Crippen LogP contribution in [0.3, 0.4) is 0 Å². The molecule has 1 aromatic carbocycles. The first kappa shape index (κ1) is 12.0. The predicted molar refractivity (Wildman–Crippen MR) is 60.8 cm³/mol. The van der Waals surface area contributed by atoms with Crippen molar-refractivity contribution in [3.8, 4) is 5.75 Å². The molecule has 0 bridgehead atoms. The van der Waals surface area contributed by atoms with Gasteiger partial charge < -0.3 is 9.94 Å². The van der Waals surface area contributed by atoms with Gasteiger partial charge in [0.05, 0.1) is 7.11 Å². The maximum atomic E-state index is 9.96. The molecule has 15 heavy (non-hydrogen) atoms. The largest absolute Gasteiger partial charge is 0.507 e. The molecule has 84 valence electrons. The highest BCUT2D eigenvalue weighted by atomic mass is 16.6. The first-order valence-electron chi connectivity index (χ1n) is 5.15. The van der Waals surface area contributed by atoms with Crippen LogP contribution in [0.5, 0.6) is 5.75 Å². The van der Waals surface area contributed by atoms with Crippen LogP contribution in [0, 0.1) is 6.92 Å². The Bertz CT molecular complexity index is 335. The van der Waals surface area contributed by atoms with Gasteiger partial charge in [-0.3, -0.25) is 0 Å². The summed E-state index contributed by atoms with van der Waals surface area (Å²) in [7, 11) is 1.57. The second-order valence-electron chi connectivity index (χ2n) is 3.98. The van der Waals surface area contributed by atoms with E-state index >= 15 is 0 Å². The van der Waals surface area contributed by atoms with Gasteiger partial charge in [0.25, 0.3) is 0 Å². The van der Waals surface area contributed by atoms with Crippen LogP contribution in [0.25, 0.3) is 0 Å². The topological polar surface area (TPSA) is 41.5 Å². The minimum Gasteiger partial charge on any atom is -0.507 e. The number of nitrogens with one attached hydrogen (secondary N) is 1. The molecule has 0 saturated carbocycles. The van der Waals surface area contributed by atoms with Gasteiger partial charge in [0, 0.05) is 12.1 Å². The Hall–Kier alpha value is -1.06. The zero-order valence-electron chi connectivity index (χ0n) is 9.79. The first-order valence-corrected chi connectivity index (χ1v) is 5.15. The molecule has 0 aliphatic carbocycles. The summed E-state index contributed by atoms with van der Waals surface area (Å²) in [4.78, 5) is 4.81. The molecule has 0 spiro atoms. The van der Waals surface area contributed by atoms with Gasteiger partial charge in [0.2, 0.25) is 0 Å².